The Bertz CT molecular complexity index is 1840. The normalized spacial score (nSPS) is 22.1. The average Bonchev–Trinajstić information content (AvgIpc) is 3.59. The third-order valence-corrected chi connectivity index (χ3v) is 10.0. The molecule has 7 rings (SSSR count). The van der Waals surface area contributed by atoms with Crippen molar-refractivity contribution in [2.45, 2.75) is 83.0 Å². The van der Waals surface area contributed by atoms with Crippen LogP contribution >= 0.6 is 0 Å². The molecule has 3 aromatic rings. The van der Waals surface area contributed by atoms with Gasteiger partial charge in [-0.2, -0.15) is 9.97 Å². The average molecular weight is 681 g/mol. The molecule has 1 aromatic carbocycles. The highest BCUT2D eigenvalue weighted by molar-refractivity contribution is 5.92. The lowest BCUT2D eigenvalue weighted by molar-refractivity contribution is 0.0122. The molecule has 9 nitrogen and oxygen atoms in total. The number of aromatic nitrogens is 3. The lowest BCUT2D eigenvalue weighted by Gasteiger charge is -2.42. The van der Waals surface area contributed by atoms with Crippen molar-refractivity contribution in [3.8, 4) is 17.3 Å². The van der Waals surface area contributed by atoms with Gasteiger partial charge in [-0.15, -0.1) is 0 Å². The molecule has 2 bridgehead atoms. The summed E-state index contributed by atoms with van der Waals surface area (Å²) in [6, 6.07) is 1.42. The maximum atomic E-state index is 16.6. The van der Waals surface area contributed by atoms with Crippen LogP contribution in [0.1, 0.15) is 64.0 Å². The van der Waals surface area contributed by atoms with Gasteiger partial charge in [-0.25, -0.2) is 22.4 Å². The van der Waals surface area contributed by atoms with E-state index in [2.05, 4.69) is 28.0 Å². The van der Waals surface area contributed by atoms with Crippen molar-refractivity contribution in [1.29, 1.82) is 0 Å². The number of hydrogen-bond donors (Lipinski definition) is 0. The molecule has 0 radical (unpaired) electrons. The van der Waals surface area contributed by atoms with Crippen LogP contribution in [0.25, 0.3) is 22.2 Å². The van der Waals surface area contributed by atoms with Gasteiger partial charge >= 0.3 is 12.1 Å². The Hall–Kier alpha value is -4.26. The number of amides is 1. The van der Waals surface area contributed by atoms with Crippen molar-refractivity contribution < 1.29 is 31.8 Å². The summed E-state index contributed by atoms with van der Waals surface area (Å²) in [6.07, 6.45) is 1.03. The zero-order valence-electron chi connectivity index (χ0n) is 28.2. The molecule has 4 saturated heterocycles. The highest BCUT2D eigenvalue weighted by Gasteiger charge is 2.48. The molecule has 2 aromatic heterocycles. The molecular formula is C36H40F4N6O3. The maximum absolute atomic E-state index is 16.6. The number of nitrogens with zero attached hydrogens (tertiary/aromatic N) is 6. The molecule has 0 saturated carbocycles. The summed E-state index contributed by atoms with van der Waals surface area (Å²) in [5.74, 6) is -1.41. The number of fused-ring (bicyclic) bond motifs is 4. The van der Waals surface area contributed by atoms with Crippen molar-refractivity contribution in [2.75, 3.05) is 37.7 Å². The molecule has 0 N–H and O–H groups in total. The van der Waals surface area contributed by atoms with E-state index in [-0.39, 0.29) is 64.1 Å². The Balaban J connectivity index is 1.29. The van der Waals surface area contributed by atoms with Crippen LogP contribution in [0, 0.1) is 18.6 Å². The van der Waals surface area contributed by atoms with Crippen LogP contribution < -0.4 is 9.64 Å². The van der Waals surface area contributed by atoms with E-state index in [1.165, 1.54) is 13.1 Å². The van der Waals surface area contributed by atoms with E-state index in [1.54, 1.807) is 4.90 Å². The number of carbonyl (C=O) groups is 1. The lowest BCUT2D eigenvalue weighted by Crippen LogP contribution is -2.57. The van der Waals surface area contributed by atoms with Crippen LogP contribution in [0.4, 0.5) is 28.2 Å². The van der Waals surface area contributed by atoms with Gasteiger partial charge in [0, 0.05) is 43.5 Å². The molecule has 1 amide bonds. The molecule has 4 fully saturated rings. The number of alkyl halides is 2. The second-order valence-electron chi connectivity index (χ2n) is 14.9. The number of piperazine rings is 1. The molecule has 49 heavy (non-hydrogen) atoms. The fraction of sp³-hybridized carbons (Fsp3) is 0.500. The number of hydrogen-bond acceptors (Lipinski definition) is 8. The fourth-order valence-electron chi connectivity index (χ4n) is 7.93. The molecule has 4 aliphatic rings. The minimum Gasteiger partial charge on any atom is -0.461 e. The Morgan fingerprint density at radius 3 is 2.33 bits per heavy atom. The molecule has 260 valence electrons. The summed E-state index contributed by atoms with van der Waals surface area (Å²) in [6.45, 7) is 17.7. The Kier molecular flexibility index (Phi) is 8.11. The van der Waals surface area contributed by atoms with Gasteiger partial charge in [0.25, 0.3) is 6.43 Å². The summed E-state index contributed by atoms with van der Waals surface area (Å²) in [5.41, 5.74) is 0.0438. The van der Waals surface area contributed by atoms with Crippen LogP contribution in [-0.4, -0.2) is 86.9 Å². The maximum Gasteiger partial charge on any atom is 0.410 e. The van der Waals surface area contributed by atoms with E-state index in [9.17, 15) is 18.0 Å². The predicted molar refractivity (Wildman–Crippen MR) is 177 cm³/mol. The predicted octanol–water partition coefficient (Wildman–Crippen LogP) is 7.14. The number of pyridine rings is 1. The summed E-state index contributed by atoms with van der Waals surface area (Å²) < 4.78 is 70.7. The van der Waals surface area contributed by atoms with Gasteiger partial charge in [0.1, 0.15) is 35.1 Å². The van der Waals surface area contributed by atoms with Crippen molar-refractivity contribution in [1.82, 2.24) is 24.8 Å². The quantitative estimate of drug-likeness (QED) is 0.201. The van der Waals surface area contributed by atoms with Gasteiger partial charge in [-0.1, -0.05) is 24.3 Å². The van der Waals surface area contributed by atoms with Crippen molar-refractivity contribution >= 4 is 22.8 Å². The summed E-state index contributed by atoms with van der Waals surface area (Å²) >= 11 is 0. The summed E-state index contributed by atoms with van der Waals surface area (Å²) in [4.78, 5) is 32.9. The van der Waals surface area contributed by atoms with Crippen LogP contribution in [0.15, 0.2) is 42.6 Å². The van der Waals surface area contributed by atoms with E-state index in [0.29, 0.717) is 18.9 Å². The number of carbonyl (C=O) groups excluding carboxylic acids is 1. The van der Waals surface area contributed by atoms with E-state index in [0.717, 1.165) is 62.1 Å². The molecule has 2 atom stereocenters. The third kappa shape index (κ3) is 6.00. The monoisotopic (exact) mass is 680 g/mol. The van der Waals surface area contributed by atoms with Crippen LogP contribution in [-0.2, 0) is 4.74 Å². The van der Waals surface area contributed by atoms with Gasteiger partial charge in [0.05, 0.1) is 23.0 Å². The van der Waals surface area contributed by atoms with Gasteiger partial charge in [0.2, 0.25) is 0 Å². The zero-order valence-corrected chi connectivity index (χ0v) is 28.2. The first-order valence-electron chi connectivity index (χ1n) is 16.5. The fourth-order valence-corrected chi connectivity index (χ4v) is 7.93. The summed E-state index contributed by atoms with van der Waals surface area (Å²) in [5, 5.41) is 0.283. The molecule has 0 aliphatic carbocycles. The number of benzene rings is 1. The van der Waals surface area contributed by atoms with E-state index >= 15 is 4.39 Å². The second kappa shape index (κ2) is 12.0. The molecule has 0 unspecified atom stereocenters. The third-order valence-electron chi connectivity index (χ3n) is 10.0. The minimum atomic E-state index is -2.96. The molecular weight excluding hydrogens is 640 g/mol. The lowest BCUT2D eigenvalue weighted by atomic mass is 9.92. The van der Waals surface area contributed by atoms with E-state index in [1.807, 2.05) is 25.7 Å². The standard InChI is InChI=1S/C36H40F4N6O3/c1-19-11-36(12-20(2)15-45(36)14-19)18-48-33-42-30-26(13-41-29(28(30)38)25-9-22(31(39)40)10-27(37)21(25)3)32(43-33)44-16-23-7-8-24(17-44)46(23)34(47)49-35(4,5)6/h9-10,13,23-24,31H,1-2,7-8,11-12,14-18H2,3-6H3/t23-,24+. The number of ether oxygens (including phenoxy) is 2. The SMILES string of the molecule is C=C1CN2CC(=C)CC2(COc2nc(N3C[C@H]4CC[C@@H](C3)N4C(=O)OC(C)(C)C)c3cnc(-c4cc(C(F)F)cc(F)c4C)c(F)c3n2)C1. The molecule has 13 heteroatoms. The van der Waals surface area contributed by atoms with Gasteiger partial charge in [0.15, 0.2) is 5.82 Å². The number of halogens is 4. The Morgan fingerprint density at radius 1 is 1.06 bits per heavy atom. The number of rotatable bonds is 6. The van der Waals surface area contributed by atoms with Crippen molar-refractivity contribution in [3.05, 3.63) is 65.4 Å². The topological polar surface area (TPSA) is 83.9 Å². The van der Waals surface area contributed by atoms with Gasteiger partial charge < -0.3 is 14.4 Å². The Morgan fingerprint density at radius 2 is 1.71 bits per heavy atom. The van der Waals surface area contributed by atoms with Crippen molar-refractivity contribution in [3.63, 3.8) is 0 Å². The van der Waals surface area contributed by atoms with Crippen LogP contribution in [0.5, 0.6) is 6.01 Å². The van der Waals surface area contributed by atoms with Crippen molar-refractivity contribution in [2.24, 2.45) is 0 Å². The Labute approximate surface area is 282 Å². The first-order valence-corrected chi connectivity index (χ1v) is 16.5. The molecule has 0 spiro atoms. The smallest absolute Gasteiger partial charge is 0.410 e. The van der Waals surface area contributed by atoms with E-state index < -0.39 is 29.2 Å². The van der Waals surface area contributed by atoms with E-state index in [4.69, 9.17) is 14.5 Å². The largest absolute Gasteiger partial charge is 0.461 e. The summed E-state index contributed by atoms with van der Waals surface area (Å²) in [7, 11) is 0. The molecule has 6 heterocycles. The minimum absolute atomic E-state index is 0.0159. The number of anilines is 1. The van der Waals surface area contributed by atoms with Gasteiger partial charge in [-0.3, -0.25) is 14.8 Å². The highest BCUT2D eigenvalue weighted by atomic mass is 19.3. The second-order valence-corrected chi connectivity index (χ2v) is 14.9. The first kappa shape index (κ1) is 33.2. The zero-order chi connectivity index (χ0) is 35.0. The van der Waals surface area contributed by atoms with Crippen LogP contribution in [0.3, 0.4) is 0 Å². The highest BCUT2D eigenvalue weighted by Crippen LogP contribution is 2.43. The first-order chi connectivity index (χ1) is 23.1. The van der Waals surface area contributed by atoms with Gasteiger partial charge in [-0.05, 0) is 71.1 Å². The molecule has 4 aliphatic heterocycles. The van der Waals surface area contributed by atoms with Crippen LogP contribution in [0.2, 0.25) is 0 Å².